The molecule has 1 aliphatic carbocycles. The van der Waals surface area contributed by atoms with Crippen LogP contribution in [0.4, 0.5) is 0 Å². The van der Waals surface area contributed by atoms with Crippen LogP contribution in [-0.2, 0) is 11.3 Å². The first-order valence-electron chi connectivity index (χ1n) is 11.4. The number of ether oxygens (including phenoxy) is 2. The van der Waals surface area contributed by atoms with E-state index in [0.717, 1.165) is 58.6 Å². The number of rotatable bonds is 8. The van der Waals surface area contributed by atoms with Crippen LogP contribution in [0.3, 0.4) is 0 Å². The molecule has 1 atom stereocenters. The van der Waals surface area contributed by atoms with Crippen LogP contribution >= 0.6 is 11.8 Å². The third-order valence-corrected chi connectivity index (χ3v) is 7.05. The molecule has 0 bridgehead atoms. The van der Waals surface area contributed by atoms with E-state index in [1.807, 2.05) is 30.3 Å². The Morgan fingerprint density at radius 3 is 2.70 bits per heavy atom. The number of carbonyl (C=O) groups excluding carboxylic acids is 1. The van der Waals surface area contributed by atoms with E-state index in [1.165, 1.54) is 11.8 Å². The van der Waals surface area contributed by atoms with E-state index in [-0.39, 0.29) is 11.9 Å². The number of amides is 1. The van der Waals surface area contributed by atoms with Gasteiger partial charge in [0, 0.05) is 12.1 Å². The molecule has 0 saturated heterocycles. The van der Waals surface area contributed by atoms with Crippen molar-refractivity contribution in [3.63, 3.8) is 0 Å². The molecule has 0 radical (unpaired) electrons. The Hall–Kier alpha value is -3.00. The Morgan fingerprint density at radius 2 is 1.94 bits per heavy atom. The van der Waals surface area contributed by atoms with Gasteiger partial charge in [-0.05, 0) is 55.9 Å². The number of fused-ring (bicyclic) bond motifs is 1. The average molecular weight is 465 g/mol. The number of nitrogens with zero attached hydrogens (tertiary/aromatic N) is 3. The fourth-order valence-electron chi connectivity index (χ4n) is 4.21. The highest BCUT2D eigenvalue weighted by atomic mass is 32.2. The Labute approximate surface area is 197 Å². The highest BCUT2D eigenvalue weighted by molar-refractivity contribution is 7.99. The summed E-state index contributed by atoms with van der Waals surface area (Å²) in [4.78, 5) is 12.9. The lowest BCUT2D eigenvalue weighted by Gasteiger charge is -2.23. The number of hydrogen-bond acceptors (Lipinski definition) is 6. The predicted molar refractivity (Wildman–Crippen MR) is 128 cm³/mol. The van der Waals surface area contributed by atoms with Crippen LogP contribution in [0.5, 0.6) is 11.5 Å². The summed E-state index contributed by atoms with van der Waals surface area (Å²) in [5, 5.41) is 12.8. The fourth-order valence-corrected chi connectivity index (χ4v) is 5.02. The largest absolute Gasteiger partial charge is 0.486 e. The topological polar surface area (TPSA) is 78.3 Å². The van der Waals surface area contributed by atoms with Gasteiger partial charge in [-0.2, -0.15) is 0 Å². The van der Waals surface area contributed by atoms with Crippen molar-refractivity contribution in [1.82, 2.24) is 20.1 Å². The van der Waals surface area contributed by atoms with Gasteiger partial charge >= 0.3 is 0 Å². The van der Waals surface area contributed by atoms with Gasteiger partial charge in [-0.25, -0.2) is 0 Å². The van der Waals surface area contributed by atoms with Crippen molar-refractivity contribution < 1.29 is 14.3 Å². The molecule has 8 heteroatoms. The molecule has 7 nitrogen and oxygen atoms in total. The summed E-state index contributed by atoms with van der Waals surface area (Å²) in [5.74, 6) is 3.12. The standard InChI is InChI=1S/C25H28N4O3S/c1-3-29-24(19-7-5-4-6-16(19)2)27-28-25(29)33-15-22(30)26-23(17-8-9-17)18-10-11-20-21(14-18)32-13-12-31-20/h4-7,10-11,14,17,23H,3,8-9,12-13,15H2,1-2H3,(H,26,30). The lowest BCUT2D eigenvalue weighted by Crippen LogP contribution is -2.31. The third-order valence-electron chi connectivity index (χ3n) is 6.09. The maximum atomic E-state index is 12.9. The molecular formula is C25H28N4O3S. The average Bonchev–Trinajstić information content (AvgIpc) is 3.60. The summed E-state index contributed by atoms with van der Waals surface area (Å²) in [7, 11) is 0. The molecule has 1 amide bonds. The highest BCUT2D eigenvalue weighted by Crippen LogP contribution is 2.43. The molecular weight excluding hydrogens is 436 g/mol. The Kier molecular flexibility index (Phi) is 6.26. The van der Waals surface area contributed by atoms with Crippen LogP contribution < -0.4 is 14.8 Å². The van der Waals surface area contributed by atoms with Crippen molar-refractivity contribution in [3.05, 3.63) is 53.6 Å². The molecule has 0 spiro atoms. The normalized spacial score (nSPS) is 15.8. The summed E-state index contributed by atoms with van der Waals surface area (Å²) in [6.45, 7) is 6.00. The summed E-state index contributed by atoms with van der Waals surface area (Å²) >= 11 is 1.43. The van der Waals surface area contributed by atoms with Gasteiger partial charge in [-0.15, -0.1) is 10.2 Å². The maximum Gasteiger partial charge on any atom is 0.230 e. The Bertz CT molecular complexity index is 1160. The number of hydrogen-bond donors (Lipinski definition) is 1. The fraction of sp³-hybridized carbons (Fsp3) is 0.400. The van der Waals surface area contributed by atoms with Crippen molar-refractivity contribution >= 4 is 17.7 Å². The zero-order valence-corrected chi connectivity index (χ0v) is 19.7. The molecule has 2 aliphatic rings. The number of benzene rings is 2. The first kappa shape index (κ1) is 21.8. The van der Waals surface area contributed by atoms with Crippen LogP contribution in [0.15, 0.2) is 47.6 Å². The van der Waals surface area contributed by atoms with E-state index in [2.05, 4.69) is 46.1 Å². The van der Waals surface area contributed by atoms with Gasteiger partial charge in [0.2, 0.25) is 5.91 Å². The van der Waals surface area contributed by atoms with E-state index in [4.69, 9.17) is 9.47 Å². The molecule has 2 heterocycles. The van der Waals surface area contributed by atoms with E-state index in [1.54, 1.807) is 0 Å². The van der Waals surface area contributed by atoms with E-state index in [9.17, 15) is 4.79 Å². The smallest absolute Gasteiger partial charge is 0.230 e. The zero-order valence-electron chi connectivity index (χ0n) is 18.9. The maximum absolute atomic E-state index is 12.9. The number of nitrogens with one attached hydrogen (secondary N) is 1. The zero-order chi connectivity index (χ0) is 22.8. The molecule has 1 saturated carbocycles. The van der Waals surface area contributed by atoms with Gasteiger partial charge in [0.1, 0.15) is 13.2 Å². The van der Waals surface area contributed by atoms with E-state index >= 15 is 0 Å². The minimum Gasteiger partial charge on any atom is -0.486 e. The molecule has 3 aromatic rings. The van der Waals surface area contributed by atoms with Crippen molar-refractivity contribution in [1.29, 1.82) is 0 Å². The third kappa shape index (κ3) is 4.71. The molecule has 1 unspecified atom stereocenters. The van der Waals surface area contributed by atoms with Crippen molar-refractivity contribution in [2.45, 2.75) is 44.4 Å². The quantitative estimate of drug-likeness (QED) is 0.498. The monoisotopic (exact) mass is 464 g/mol. The molecule has 1 aromatic heterocycles. The van der Waals surface area contributed by atoms with Crippen LogP contribution in [0, 0.1) is 12.8 Å². The Balaban J connectivity index is 1.27. The SMILES string of the molecule is CCn1c(SCC(=O)NC(c2ccc3c(c2)OCCO3)C2CC2)nnc1-c1ccccc1C. The molecule has 1 fully saturated rings. The lowest BCUT2D eigenvalue weighted by molar-refractivity contribution is -0.119. The minimum absolute atomic E-state index is 0.00474. The van der Waals surface area contributed by atoms with Gasteiger partial charge in [0.15, 0.2) is 22.5 Å². The number of aromatic nitrogens is 3. The van der Waals surface area contributed by atoms with Crippen LogP contribution in [0.25, 0.3) is 11.4 Å². The molecule has 2 aromatic carbocycles. The molecule has 33 heavy (non-hydrogen) atoms. The van der Waals surface area contributed by atoms with Gasteiger partial charge in [-0.3, -0.25) is 4.79 Å². The van der Waals surface area contributed by atoms with Crippen LogP contribution in [0.2, 0.25) is 0 Å². The van der Waals surface area contributed by atoms with Crippen molar-refractivity contribution in [3.8, 4) is 22.9 Å². The highest BCUT2D eigenvalue weighted by Gasteiger charge is 2.34. The van der Waals surface area contributed by atoms with Crippen LogP contribution in [0.1, 0.15) is 36.9 Å². The second-order valence-corrected chi connectivity index (χ2v) is 9.38. The predicted octanol–water partition coefficient (Wildman–Crippen LogP) is 4.40. The first-order valence-corrected chi connectivity index (χ1v) is 12.4. The molecule has 172 valence electrons. The van der Waals surface area contributed by atoms with E-state index in [0.29, 0.717) is 24.9 Å². The summed E-state index contributed by atoms with van der Waals surface area (Å²) in [6.07, 6.45) is 2.24. The van der Waals surface area contributed by atoms with Crippen molar-refractivity contribution in [2.24, 2.45) is 5.92 Å². The van der Waals surface area contributed by atoms with Crippen LogP contribution in [-0.4, -0.2) is 39.6 Å². The lowest BCUT2D eigenvalue weighted by atomic mass is 10.0. The number of aryl methyl sites for hydroxylation is 1. The summed E-state index contributed by atoms with van der Waals surface area (Å²) in [6, 6.07) is 14.1. The van der Waals surface area contributed by atoms with Gasteiger partial charge in [0.25, 0.3) is 0 Å². The van der Waals surface area contributed by atoms with Gasteiger partial charge in [0.05, 0.1) is 11.8 Å². The summed E-state index contributed by atoms with van der Waals surface area (Å²) in [5.41, 5.74) is 3.29. The first-order chi connectivity index (χ1) is 16.1. The molecule has 5 rings (SSSR count). The van der Waals surface area contributed by atoms with Crippen molar-refractivity contribution in [2.75, 3.05) is 19.0 Å². The second-order valence-electron chi connectivity index (χ2n) is 8.44. The van der Waals surface area contributed by atoms with Gasteiger partial charge < -0.3 is 19.4 Å². The van der Waals surface area contributed by atoms with E-state index < -0.39 is 0 Å². The summed E-state index contributed by atoms with van der Waals surface area (Å²) < 4.78 is 13.4. The number of thioether (sulfide) groups is 1. The second kappa shape index (κ2) is 9.47. The molecule has 1 N–H and O–H groups in total. The Morgan fingerprint density at radius 1 is 1.15 bits per heavy atom. The number of carbonyl (C=O) groups is 1. The molecule has 1 aliphatic heterocycles. The minimum atomic E-state index is -0.0134. The van der Waals surface area contributed by atoms with Gasteiger partial charge in [-0.1, -0.05) is 42.1 Å².